The molecule has 3 aromatic carbocycles. The second-order valence-electron chi connectivity index (χ2n) is 9.27. The summed E-state index contributed by atoms with van der Waals surface area (Å²) in [7, 11) is 0. The largest absolute Gasteiger partial charge is 0.490 e. The lowest BCUT2D eigenvalue weighted by atomic mass is 9.96. The summed E-state index contributed by atoms with van der Waals surface area (Å²) >= 11 is 7.26. The molecule has 9 heteroatoms. The van der Waals surface area contributed by atoms with Gasteiger partial charge in [-0.1, -0.05) is 71.5 Å². The Balaban J connectivity index is 1.53. The van der Waals surface area contributed by atoms with E-state index in [2.05, 4.69) is 4.99 Å². The van der Waals surface area contributed by atoms with Crippen molar-refractivity contribution in [1.29, 1.82) is 0 Å². The molecule has 1 atom stereocenters. The summed E-state index contributed by atoms with van der Waals surface area (Å²) in [6.07, 6.45) is 1.81. The molecule has 0 amide bonds. The number of nitrogens with zero attached hydrogens (tertiary/aromatic N) is 2. The first-order valence-electron chi connectivity index (χ1n) is 13.3. The van der Waals surface area contributed by atoms with Crippen molar-refractivity contribution < 1.29 is 19.0 Å². The van der Waals surface area contributed by atoms with E-state index in [1.807, 2.05) is 79.7 Å². The normalized spacial score (nSPS) is 14.8. The van der Waals surface area contributed by atoms with Crippen molar-refractivity contribution in [3.05, 3.63) is 125 Å². The van der Waals surface area contributed by atoms with E-state index in [9.17, 15) is 9.59 Å². The predicted molar refractivity (Wildman–Crippen MR) is 160 cm³/mol. The molecule has 5 rings (SSSR count). The van der Waals surface area contributed by atoms with Crippen LogP contribution >= 0.6 is 22.9 Å². The van der Waals surface area contributed by atoms with Gasteiger partial charge in [-0.3, -0.25) is 9.36 Å². The van der Waals surface area contributed by atoms with Gasteiger partial charge in [-0.05, 0) is 67.8 Å². The summed E-state index contributed by atoms with van der Waals surface area (Å²) in [6, 6.07) is 21.8. The van der Waals surface area contributed by atoms with Crippen molar-refractivity contribution in [2.24, 2.45) is 4.99 Å². The molecule has 0 saturated carbocycles. The minimum atomic E-state index is -0.642. The number of esters is 1. The van der Waals surface area contributed by atoms with Crippen LogP contribution in [0.3, 0.4) is 0 Å². The number of fused-ring (bicyclic) bond motifs is 1. The highest BCUT2D eigenvalue weighted by molar-refractivity contribution is 7.07. The number of halogens is 1. The lowest BCUT2D eigenvalue weighted by Crippen LogP contribution is -2.39. The summed E-state index contributed by atoms with van der Waals surface area (Å²) < 4.78 is 19.3. The fourth-order valence-corrected chi connectivity index (χ4v) is 5.81. The van der Waals surface area contributed by atoms with Crippen molar-refractivity contribution in [1.82, 2.24) is 4.57 Å². The molecule has 1 unspecified atom stereocenters. The van der Waals surface area contributed by atoms with Crippen molar-refractivity contribution in [3.8, 4) is 11.5 Å². The van der Waals surface area contributed by atoms with E-state index in [4.69, 9.17) is 25.8 Å². The lowest BCUT2D eigenvalue weighted by molar-refractivity contribution is -0.139. The van der Waals surface area contributed by atoms with Crippen LogP contribution in [-0.2, 0) is 16.1 Å². The third kappa shape index (κ3) is 6.14. The molecule has 0 radical (unpaired) electrons. The molecular formula is C32H29ClN2O5S. The van der Waals surface area contributed by atoms with Crippen molar-refractivity contribution >= 4 is 35.0 Å². The van der Waals surface area contributed by atoms with Gasteiger partial charge in [0.05, 0.1) is 35.1 Å². The molecule has 0 bridgehead atoms. The minimum absolute atomic E-state index is 0.225. The third-order valence-electron chi connectivity index (χ3n) is 6.51. The molecule has 0 saturated heterocycles. The molecule has 41 heavy (non-hydrogen) atoms. The molecule has 0 fully saturated rings. The maximum Gasteiger partial charge on any atom is 0.338 e. The highest BCUT2D eigenvalue weighted by Crippen LogP contribution is 2.31. The molecule has 1 aliphatic rings. The van der Waals surface area contributed by atoms with Crippen LogP contribution in [0, 0.1) is 0 Å². The van der Waals surface area contributed by atoms with Crippen LogP contribution in [0.5, 0.6) is 11.5 Å². The van der Waals surface area contributed by atoms with Gasteiger partial charge in [0.2, 0.25) is 0 Å². The number of aromatic nitrogens is 1. The van der Waals surface area contributed by atoms with Gasteiger partial charge in [0.1, 0.15) is 6.61 Å². The van der Waals surface area contributed by atoms with Gasteiger partial charge >= 0.3 is 5.97 Å². The Kier molecular flexibility index (Phi) is 8.71. The predicted octanol–water partition coefficient (Wildman–Crippen LogP) is 5.43. The molecule has 2 heterocycles. The van der Waals surface area contributed by atoms with Gasteiger partial charge < -0.3 is 14.2 Å². The Bertz CT molecular complexity index is 1780. The SMILES string of the molecule is CCOC(=O)C1=C(C)N=c2sc(=Cc3ccc(OCc4ccc(Cl)cc4)c(OCC)c3)c(=O)n2C1c1ccccc1. The topological polar surface area (TPSA) is 79.1 Å². The van der Waals surface area contributed by atoms with E-state index in [1.165, 1.54) is 11.3 Å². The van der Waals surface area contributed by atoms with E-state index in [0.717, 1.165) is 16.7 Å². The standard InChI is InChI=1S/C32H29ClN2O5S/c1-4-38-26-17-22(13-16-25(26)40-19-21-11-14-24(33)15-12-21)18-27-30(36)35-29(23-9-7-6-8-10-23)28(31(37)39-5-2)20(3)34-32(35)41-27/h6-18,29H,4-5,19H2,1-3H3. The Hall–Kier alpha value is -4.14. The molecule has 4 aromatic rings. The van der Waals surface area contributed by atoms with Crippen LogP contribution < -0.4 is 24.4 Å². The quantitative estimate of drug-likeness (QED) is 0.244. The maximum absolute atomic E-state index is 13.8. The zero-order valence-electron chi connectivity index (χ0n) is 22.9. The molecule has 1 aromatic heterocycles. The second-order valence-corrected chi connectivity index (χ2v) is 10.7. The van der Waals surface area contributed by atoms with Crippen LogP contribution in [0.2, 0.25) is 5.02 Å². The summed E-state index contributed by atoms with van der Waals surface area (Å²) in [5, 5.41) is 0.667. The molecule has 0 aliphatic carbocycles. The van der Waals surface area contributed by atoms with E-state index < -0.39 is 12.0 Å². The van der Waals surface area contributed by atoms with Gasteiger partial charge in [-0.2, -0.15) is 0 Å². The van der Waals surface area contributed by atoms with Crippen molar-refractivity contribution in [2.45, 2.75) is 33.4 Å². The van der Waals surface area contributed by atoms with Crippen molar-refractivity contribution in [2.75, 3.05) is 13.2 Å². The highest BCUT2D eigenvalue weighted by atomic mass is 35.5. The number of ether oxygens (including phenoxy) is 3. The molecule has 0 spiro atoms. The molecule has 1 aliphatic heterocycles. The molecule has 0 N–H and O–H groups in total. The molecule has 7 nitrogen and oxygen atoms in total. The number of carbonyl (C=O) groups excluding carboxylic acids is 1. The number of carbonyl (C=O) groups is 1. The fourth-order valence-electron chi connectivity index (χ4n) is 4.64. The van der Waals surface area contributed by atoms with Crippen LogP contribution in [0.15, 0.2) is 93.9 Å². The molecular weight excluding hydrogens is 560 g/mol. The summed E-state index contributed by atoms with van der Waals surface area (Å²) in [6.45, 7) is 6.47. The van der Waals surface area contributed by atoms with Crippen LogP contribution in [-0.4, -0.2) is 23.8 Å². The van der Waals surface area contributed by atoms with E-state index in [1.54, 1.807) is 24.5 Å². The monoisotopic (exact) mass is 588 g/mol. The van der Waals surface area contributed by atoms with Crippen LogP contribution in [0.25, 0.3) is 6.08 Å². The first-order chi connectivity index (χ1) is 19.9. The second kappa shape index (κ2) is 12.6. The van der Waals surface area contributed by atoms with Gasteiger partial charge in [0.15, 0.2) is 16.3 Å². The van der Waals surface area contributed by atoms with E-state index in [0.29, 0.717) is 50.3 Å². The zero-order chi connectivity index (χ0) is 28.9. The van der Waals surface area contributed by atoms with Gasteiger partial charge in [0, 0.05) is 5.02 Å². The minimum Gasteiger partial charge on any atom is -0.490 e. The van der Waals surface area contributed by atoms with E-state index >= 15 is 0 Å². The first kappa shape index (κ1) is 28.4. The number of benzene rings is 3. The number of hydrogen-bond donors (Lipinski definition) is 0. The average Bonchev–Trinajstić information content (AvgIpc) is 3.27. The summed E-state index contributed by atoms with van der Waals surface area (Å²) in [4.78, 5) is 32.0. The highest BCUT2D eigenvalue weighted by Gasteiger charge is 2.33. The maximum atomic E-state index is 13.8. The number of thiazole rings is 1. The summed E-state index contributed by atoms with van der Waals surface area (Å²) in [5.74, 6) is 0.692. The number of hydrogen-bond acceptors (Lipinski definition) is 7. The third-order valence-corrected chi connectivity index (χ3v) is 7.74. The number of rotatable bonds is 9. The Morgan fingerprint density at radius 2 is 1.76 bits per heavy atom. The first-order valence-corrected chi connectivity index (χ1v) is 14.5. The van der Waals surface area contributed by atoms with E-state index in [-0.39, 0.29) is 12.2 Å². The van der Waals surface area contributed by atoms with Crippen LogP contribution in [0.4, 0.5) is 0 Å². The smallest absolute Gasteiger partial charge is 0.338 e. The number of allylic oxidation sites excluding steroid dienone is 1. The summed E-state index contributed by atoms with van der Waals surface area (Å²) in [5.41, 5.74) is 3.21. The Morgan fingerprint density at radius 3 is 2.46 bits per heavy atom. The molecule has 210 valence electrons. The Morgan fingerprint density at radius 1 is 1.00 bits per heavy atom. The van der Waals surface area contributed by atoms with Gasteiger partial charge in [-0.25, -0.2) is 9.79 Å². The van der Waals surface area contributed by atoms with Crippen molar-refractivity contribution in [3.63, 3.8) is 0 Å². The zero-order valence-corrected chi connectivity index (χ0v) is 24.5. The Labute approximate surface area is 246 Å². The van der Waals surface area contributed by atoms with Gasteiger partial charge in [-0.15, -0.1) is 0 Å². The lowest BCUT2D eigenvalue weighted by Gasteiger charge is -2.24. The average molecular weight is 589 g/mol. The fraction of sp³-hybridized carbons (Fsp3) is 0.219. The van der Waals surface area contributed by atoms with Crippen LogP contribution in [0.1, 0.15) is 43.5 Å². The van der Waals surface area contributed by atoms with Gasteiger partial charge in [0.25, 0.3) is 5.56 Å².